The van der Waals surface area contributed by atoms with E-state index in [1.165, 1.54) is 37.0 Å². The summed E-state index contributed by atoms with van der Waals surface area (Å²) >= 11 is 0. The minimum atomic E-state index is -4.40. The van der Waals surface area contributed by atoms with E-state index in [0.717, 1.165) is 36.1 Å². The molecule has 2 heterocycles. The number of imidazole rings is 1. The summed E-state index contributed by atoms with van der Waals surface area (Å²) in [7, 11) is 0. The van der Waals surface area contributed by atoms with Gasteiger partial charge in [-0.1, -0.05) is 36.8 Å². The van der Waals surface area contributed by atoms with Gasteiger partial charge >= 0.3 is 6.18 Å². The van der Waals surface area contributed by atoms with Crippen molar-refractivity contribution in [3.8, 4) is 17.5 Å². The number of anilines is 1. The lowest BCUT2D eigenvalue weighted by Gasteiger charge is -2.32. The predicted molar refractivity (Wildman–Crippen MR) is 143 cm³/mol. The number of hydrogen-bond acceptors (Lipinski definition) is 5. The molecule has 1 unspecified atom stereocenters. The number of benzene rings is 2. The van der Waals surface area contributed by atoms with Gasteiger partial charge in [-0.05, 0) is 80.2 Å². The Balaban J connectivity index is 1.50. The monoisotopic (exact) mass is 530 g/mol. The molecule has 0 spiro atoms. The normalized spacial score (nSPS) is 16.6. The highest BCUT2D eigenvalue weighted by Crippen LogP contribution is 2.42. The largest absolute Gasteiger partial charge is 0.416 e. The van der Waals surface area contributed by atoms with Crippen molar-refractivity contribution >= 4 is 17.0 Å². The molecule has 0 radical (unpaired) electrons. The van der Waals surface area contributed by atoms with Crippen LogP contribution in [0, 0.1) is 24.2 Å². The van der Waals surface area contributed by atoms with Gasteiger partial charge in [-0.2, -0.15) is 28.4 Å². The lowest BCUT2D eigenvalue weighted by atomic mass is 9.80. The highest BCUT2D eigenvalue weighted by Gasteiger charge is 2.31. The highest BCUT2D eigenvalue weighted by atomic mass is 19.4. The molecule has 0 amide bonds. The van der Waals surface area contributed by atoms with Crippen LogP contribution in [-0.4, -0.2) is 25.6 Å². The van der Waals surface area contributed by atoms with Crippen LogP contribution in [0.1, 0.15) is 73.0 Å². The molecular weight excluding hydrogens is 501 g/mol. The van der Waals surface area contributed by atoms with Gasteiger partial charge in [0.05, 0.1) is 5.56 Å². The summed E-state index contributed by atoms with van der Waals surface area (Å²) in [5.41, 5.74) is 4.32. The SMILES string of the molecule is Cc1cc(C2CC2)ccc1-c1nc2nc(C#N)nc(NC(C)C3CCC3)c2n1Cc1ccc(C(F)(F)F)cc1. The Morgan fingerprint density at radius 1 is 1.05 bits per heavy atom. The van der Waals surface area contributed by atoms with Crippen molar-refractivity contribution in [2.75, 3.05) is 5.32 Å². The molecule has 2 aromatic heterocycles. The first-order chi connectivity index (χ1) is 18.7. The number of nitrogens with one attached hydrogen (secondary N) is 1. The van der Waals surface area contributed by atoms with Gasteiger partial charge in [0.1, 0.15) is 17.4 Å². The van der Waals surface area contributed by atoms with Gasteiger partial charge in [-0.3, -0.25) is 0 Å². The predicted octanol–water partition coefficient (Wildman–Crippen LogP) is 7.22. The fraction of sp³-hybridized carbons (Fsp3) is 0.400. The average Bonchev–Trinajstić information content (AvgIpc) is 3.65. The molecule has 2 aliphatic carbocycles. The Bertz CT molecular complexity index is 1570. The van der Waals surface area contributed by atoms with Gasteiger partial charge in [0.2, 0.25) is 5.82 Å². The number of nitriles is 1. The number of fused-ring (bicyclic) bond motifs is 1. The number of halogens is 3. The Morgan fingerprint density at radius 3 is 2.38 bits per heavy atom. The van der Waals surface area contributed by atoms with Gasteiger partial charge in [-0.25, -0.2) is 4.98 Å². The van der Waals surface area contributed by atoms with Crippen molar-refractivity contribution in [2.45, 2.75) is 70.6 Å². The number of alkyl halides is 3. The highest BCUT2D eigenvalue weighted by molar-refractivity contribution is 5.88. The van der Waals surface area contributed by atoms with Crippen molar-refractivity contribution < 1.29 is 13.2 Å². The number of nitrogens with zero attached hydrogens (tertiary/aromatic N) is 5. The Hall–Kier alpha value is -3.93. The van der Waals surface area contributed by atoms with Crippen molar-refractivity contribution in [1.29, 1.82) is 5.26 Å². The van der Waals surface area contributed by atoms with E-state index in [1.807, 2.05) is 17.6 Å². The van der Waals surface area contributed by atoms with Gasteiger partial charge < -0.3 is 9.88 Å². The zero-order chi connectivity index (χ0) is 27.3. The first-order valence-corrected chi connectivity index (χ1v) is 13.4. The Kier molecular flexibility index (Phi) is 6.29. The van der Waals surface area contributed by atoms with Crippen LogP contribution in [0.4, 0.5) is 19.0 Å². The standard InChI is InChI=1S/C30H29F3N6/c1-17-14-22(21-8-9-21)10-13-24(17)29-38-28-26(39(29)16-19-6-11-23(12-7-19)30(31,32)33)27(36-25(15-34)37-28)35-18(2)20-4-3-5-20/h6-7,10-14,18,20-21H,3-5,8-9,16H2,1-2H3,(H,35,36,37). The third-order valence-electron chi connectivity index (χ3n) is 8.09. The lowest BCUT2D eigenvalue weighted by Crippen LogP contribution is -2.31. The quantitative estimate of drug-likeness (QED) is 0.273. The molecule has 9 heteroatoms. The molecule has 2 aliphatic rings. The molecule has 4 aromatic rings. The molecule has 200 valence electrons. The van der Waals surface area contributed by atoms with Crippen LogP contribution in [-0.2, 0) is 12.7 Å². The van der Waals surface area contributed by atoms with E-state index in [0.29, 0.717) is 40.2 Å². The number of aryl methyl sites for hydroxylation is 1. The lowest BCUT2D eigenvalue weighted by molar-refractivity contribution is -0.137. The van der Waals surface area contributed by atoms with E-state index < -0.39 is 11.7 Å². The summed E-state index contributed by atoms with van der Waals surface area (Å²) in [5.74, 6) is 2.32. The molecule has 39 heavy (non-hydrogen) atoms. The van der Waals surface area contributed by atoms with Crippen LogP contribution in [0.25, 0.3) is 22.6 Å². The van der Waals surface area contributed by atoms with Crippen molar-refractivity contribution in [2.24, 2.45) is 5.92 Å². The zero-order valence-corrected chi connectivity index (χ0v) is 21.9. The van der Waals surface area contributed by atoms with Crippen molar-refractivity contribution in [3.05, 3.63) is 70.5 Å². The Labute approximate surface area is 224 Å². The summed E-state index contributed by atoms with van der Waals surface area (Å²) < 4.78 is 41.6. The molecule has 2 fully saturated rings. The summed E-state index contributed by atoms with van der Waals surface area (Å²) in [4.78, 5) is 13.8. The van der Waals surface area contributed by atoms with Crippen LogP contribution < -0.4 is 5.32 Å². The maximum Gasteiger partial charge on any atom is 0.416 e. The molecule has 6 nitrogen and oxygen atoms in total. The molecule has 0 saturated heterocycles. The third-order valence-corrected chi connectivity index (χ3v) is 8.09. The number of aromatic nitrogens is 4. The number of rotatable bonds is 7. The van der Waals surface area contributed by atoms with Crippen LogP contribution >= 0.6 is 0 Å². The van der Waals surface area contributed by atoms with Gasteiger partial charge in [0.15, 0.2) is 11.5 Å². The van der Waals surface area contributed by atoms with Crippen LogP contribution in [0.2, 0.25) is 0 Å². The van der Waals surface area contributed by atoms with Gasteiger partial charge in [0, 0.05) is 18.2 Å². The Morgan fingerprint density at radius 2 is 1.79 bits per heavy atom. The van der Waals surface area contributed by atoms with Crippen LogP contribution in [0.15, 0.2) is 42.5 Å². The molecule has 1 N–H and O–H groups in total. The summed E-state index contributed by atoms with van der Waals surface area (Å²) in [6.07, 6.45) is 1.47. The van der Waals surface area contributed by atoms with E-state index in [-0.39, 0.29) is 18.4 Å². The van der Waals surface area contributed by atoms with Crippen LogP contribution in [0.3, 0.4) is 0 Å². The van der Waals surface area contributed by atoms with Gasteiger partial charge in [0.25, 0.3) is 0 Å². The van der Waals surface area contributed by atoms with Crippen molar-refractivity contribution in [1.82, 2.24) is 19.5 Å². The molecule has 6 rings (SSSR count). The van der Waals surface area contributed by atoms with Crippen LogP contribution in [0.5, 0.6) is 0 Å². The fourth-order valence-electron chi connectivity index (χ4n) is 5.41. The smallest absolute Gasteiger partial charge is 0.365 e. The van der Waals surface area contributed by atoms with E-state index >= 15 is 0 Å². The minimum Gasteiger partial charge on any atom is -0.365 e. The second kappa shape index (κ2) is 9.67. The second-order valence-corrected chi connectivity index (χ2v) is 10.9. The molecule has 1 atom stereocenters. The third kappa shape index (κ3) is 4.96. The molecule has 0 bridgehead atoms. The summed E-state index contributed by atoms with van der Waals surface area (Å²) in [5, 5.41) is 13.2. The maximum absolute atomic E-state index is 13.2. The summed E-state index contributed by atoms with van der Waals surface area (Å²) in [6.45, 7) is 4.44. The number of hydrogen-bond donors (Lipinski definition) is 1. The van der Waals surface area contributed by atoms with E-state index in [4.69, 9.17) is 4.98 Å². The molecule has 2 saturated carbocycles. The van der Waals surface area contributed by atoms with Gasteiger partial charge in [-0.15, -0.1) is 0 Å². The average molecular weight is 531 g/mol. The van der Waals surface area contributed by atoms with E-state index in [1.54, 1.807) is 0 Å². The summed E-state index contributed by atoms with van der Waals surface area (Å²) in [6, 6.07) is 13.8. The topological polar surface area (TPSA) is 79.4 Å². The first kappa shape index (κ1) is 25.4. The minimum absolute atomic E-state index is 0.0253. The van der Waals surface area contributed by atoms with Crippen molar-refractivity contribution in [3.63, 3.8) is 0 Å². The molecular formula is C30H29F3N6. The first-order valence-electron chi connectivity index (χ1n) is 13.4. The van der Waals surface area contributed by atoms with E-state index in [2.05, 4.69) is 40.4 Å². The zero-order valence-electron chi connectivity index (χ0n) is 21.9. The molecule has 2 aromatic carbocycles. The molecule has 0 aliphatic heterocycles. The second-order valence-electron chi connectivity index (χ2n) is 10.9. The fourth-order valence-corrected chi connectivity index (χ4v) is 5.41. The van der Waals surface area contributed by atoms with E-state index in [9.17, 15) is 18.4 Å². The maximum atomic E-state index is 13.2.